The number of allylic oxidation sites excluding steroid dienone is 1. The van der Waals surface area contributed by atoms with Crippen LogP contribution in [0.1, 0.15) is 16.7 Å². The summed E-state index contributed by atoms with van der Waals surface area (Å²) < 4.78 is 17.4. The molecule has 0 aromatic heterocycles. The predicted molar refractivity (Wildman–Crippen MR) is 98.0 cm³/mol. The van der Waals surface area contributed by atoms with E-state index in [9.17, 15) is 14.0 Å². The number of carbonyl (C=O) groups is 2. The van der Waals surface area contributed by atoms with E-state index in [1.165, 1.54) is 18.3 Å². The third-order valence-corrected chi connectivity index (χ3v) is 16.1. The number of halogens is 1. The fraction of sp³-hybridized carbons (Fsp3) is 0.0526. The molecule has 0 unspecified atom stereocenters. The minimum absolute atomic E-state index is 0.229. The van der Waals surface area contributed by atoms with Gasteiger partial charge in [0, 0.05) is 0 Å². The van der Waals surface area contributed by atoms with Gasteiger partial charge in [-0.05, 0) is 0 Å². The Morgan fingerprint density at radius 3 is 2.68 bits per heavy atom. The second-order valence-electron chi connectivity index (χ2n) is 6.35. The molecule has 6 heteroatoms. The van der Waals surface area contributed by atoms with E-state index < -0.39 is 21.4 Å². The number of nitrogens with one attached hydrogen (secondary N) is 1. The van der Waals surface area contributed by atoms with Crippen LogP contribution < -0.4 is 8.64 Å². The van der Waals surface area contributed by atoms with E-state index in [-0.39, 0.29) is 17.0 Å². The normalized spacial score (nSPS) is 20.4. The van der Waals surface area contributed by atoms with Crippen molar-refractivity contribution in [3.8, 4) is 0 Å². The van der Waals surface area contributed by atoms with Crippen LogP contribution in [0.2, 0.25) is 0 Å². The summed E-state index contributed by atoms with van der Waals surface area (Å²) in [6, 6.07) is 12.9. The average Bonchev–Trinajstić information content (AvgIpc) is 3.13. The van der Waals surface area contributed by atoms with Gasteiger partial charge in [0.1, 0.15) is 0 Å². The number of rotatable bonds is 2. The summed E-state index contributed by atoms with van der Waals surface area (Å²) in [6.07, 6.45) is 2.95. The molecule has 1 saturated heterocycles. The van der Waals surface area contributed by atoms with E-state index in [4.69, 9.17) is 0 Å². The van der Waals surface area contributed by atoms with Gasteiger partial charge in [-0.1, -0.05) is 0 Å². The van der Waals surface area contributed by atoms with Crippen LogP contribution in [0.4, 0.5) is 9.18 Å². The van der Waals surface area contributed by atoms with Crippen LogP contribution in [-0.2, 0) is 11.2 Å². The number of thioether (sulfide) groups is 1. The van der Waals surface area contributed by atoms with Crippen LogP contribution in [0.3, 0.4) is 0 Å². The molecule has 0 aliphatic carbocycles. The van der Waals surface area contributed by atoms with Gasteiger partial charge in [-0.15, -0.1) is 0 Å². The monoisotopic (exact) mass is 451 g/mol. The fourth-order valence-electron chi connectivity index (χ4n) is 3.98. The number of imide groups is 1. The van der Waals surface area contributed by atoms with Crippen molar-refractivity contribution in [3.05, 3.63) is 73.2 Å². The third-order valence-electron chi connectivity index (χ3n) is 4.89. The Kier molecular flexibility index (Phi) is 3.47. The minimum atomic E-state index is -2.59. The molecule has 3 aliphatic rings. The van der Waals surface area contributed by atoms with Gasteiger partial charge in [0.15, 0.2) is 0 Å². The third kappa shape index (κ3) is 2.34. The molecule has 3 heterocycles. The van der Waals surface area contributed by atoms with E-state index in [0.717, 1.165) is 26.2 Å². The Hall–Kier alpha value is -1.79. The molecule has 0 spiro atoms. The van der Waals surface area contributed by atoms with Gasteiger partial charge in [0.05, 0.1) is 0 Å². The van der Waals surface area contributed by atoms with Gasteiger partial charge in [0.2, 0.25) is 0 Å². The first-order chi connectivity index (χ1) is 12.1. The van der Waals surface area contributed by atoms with Crippen molar-refractivity contribution in [3.63, 3.8) is 0 Å². The first-order valence-electron chi connectivity index (χ1n) is 7.97. The average molecular weight is 451 g/mol. The van der Waals surface area contributed by atoms with Crippen molar-refractivity contribution in [1.29, 1.82) is 0 Å². The molecule has 0 radical (unpaired) electrons. The molecule has 1 N–H and O–H groups in total. The number of hydrogen-bond donors (Lipinski definition) is 1. The SMILES string of the molecule is O=C1NC(=O)/C(=[C]2\c3ccc[c]4c3C=[C](Cc3cccc(F)c3)[In]24)S1. The molecule has 120 valence electrons. The molecule has 0 atom stereocenters. The van der Waals surface area contributed by atoms with E-state index in [2.05, 4.69) is 17.5 Å². The second kappa shape index (κ2) is 5.61. The molecular formula is C19H11FInNO2S. The van der Waals surface area contributed by atoms with E-state index >= 15 is 0 Å². The Labute approximate surface area is 155 Å². The number of carbonyl (C=O) groups excluding carboxylic acids is 2. The standard InChI is InChI=1S/C19H11FNO2S.In/c20-16-10-4-6-13(11-16)5-3-9-14-7-1-2-8-15(14)12-17-18(22)21-19(23)24-17;/h1-2,4,6,8-11H,5H2,(H,21,22,23);. The Morgan fingerprint density at radius 1 is 1.12 bits per heavy atom. The molecule has 25 heavy (non-hydrogen) atoms. The molecule has 3 nitrogen and oxygen atoms in total. The first-order valence-corrected chi connectivity index (χ1v) is 13.7. The molecule has 0 saturated carbocycles. The maximum absolute atomic E-state index is 13.5. The zero-order chi connectivity index (χ0) is 17.1. The Morgan fingerprint density at radius 2 is 1.96 bits per heavy atom. The summed E-state index contributed by atoms with van der Waals surface area (Å²) in [6.45, 7) is 0. The number of amides is 2. The summed E-state index contributed by atoms with van der Waals surface area (Å²) >= 11 is -1.57. The van der Waals surface area contributed by atoms with Crippen LogP contribution in [0.15, 0.2) is 50.7 Å². The first kappa shape index (κ1) is 15.5. The van der Waals surface area contributed by atoms with Gasteiger partial charge in [-0.3, -0.25) is 0 Å². The van der Waals surface area contributed by atoms with Crippen LogP contribution in [-0.4, -0.2) is 32.6 Å². The zero-order valence-corrected chi connectivity index (χ0v) is 17.1. The quantitative estimate of drug-likeness (QED) is 0.715. The predicted octanol–water partition coefficient (Wildman–Crippen LogP) is 2.95. The summed E-state index contributed by atoms with van der Waals surface area (Å²) in [5, 5.41) is 2.08. The van der Waals surface area contributed by atoms with Crippen molar-refractivity contribution >= 4 is 57.1 Å². The summed E-state index contributed by atoms with van der Waals surface area (Å²) in [7, 11) is 0. The van der Waals surface area contributed by atoms with Gasteiger partial charge >= 0.3 is 156 Å². The van der Waals surface area contributed by atoms with Crippen molar-refractivity contribution in [2.45, 2.75) is 6.42 Å². The van der Waals surface area contributed by atoms with Gasteiger partial charge in [-0.25, -0.2) is 0 Å². The van der Waals surface area contributed by atoms with E-state index in [1.807, 2.05) is 18.2 Å². The molecule has 2 aromatic carbocycles. The summed E-state index contributed by atoms with van der Waals surface area (Å²) in [4.78, 5) is 24.5. The molecular weight excluding hydrogens is 440 g/mol. The summed E-state index contributed by atoms with van der Waals surface area (Å²) in [5.74, 6) is -0.500. The van der Waals surface area contributed by atoms with Crippen molar-refractivity contribution < 1.29 is 14.0 Å². The van der Waals surface area contributed by atoms with Gasteiger partial charge in [-0.2, -0.15) is 0 Å². The number of hydrogen-bond acceptors (Lipinski definition) is 3. The van der Waals surface area contributed by atoms with E-state index in [0.29, 0.717) is 11.3 Å². The van der Waals surface area contributed by atoms with Gasteiger partial charge in [0.25, 0.3) is 0 Å². The molecule has 2 amide bonds. The molecule has 1 fully saturated rings. The molecule has 2 aromatic rings. The zero-order valence-electron chi connectivity index (χ0n) is 13.0. The van der Waals surface area contributed by atoms with Crippen LogP contribution in [0.5, 0.6) is 0 Å². The topological polar surface area (TPSA) is 46.2 Å². The molecule has 5 rings (SSSR count). The maximum atomic E-state index is 13.5. The fourth-order valence-corrected chi connectivity index (χ4v) is 16.4. The van der Waals surface area contributed by atoms with Crippen molar-refractivity contribution in [2.24, 2.45) is 0 Å². The Balaban J connectivity index is 1.61. The Bertz CT molecular complexity index is 1040. The van der Waals surface area contributed by atoms with Crippen LogP contribution in [0.25, 0.3) is 9.41 Å². The van der Waals surface area contributed by atoms with Crippen molar-refractivity contribution in [1.82, 2.24) is 5.32 Å². The van der Waals surface area contributed by atoms with Crippen LogP contribution >= 0.6 is 11.8 Å². The molecule has 3 aliphatic heterocycles. The van der Waals surface area contributed by atoms with Gasteiger partial charge < -0.3 is 0 Å². The second-order valence-corrected chi connectivity index (χ2v) is 15.3. The summed E-state index contributed by atoms with van der Waals surface area (Å²) in [5.41, 5.74) is 3.28. The van der Waals surface area contributed by atoms with Crippen LogP contribution in [0, 0.1) is 5.82 Å². The van der Waals surface area contributed by atoms with Crippen molar-refractivity contribution in [2.75, 3.05) is 0 Å². The molecule has 4 bridgehead atoms. The number of benzene rings is 2. The van der Waals surface area contributed by atoms with E-state index in [1.54, 1.807) is 12.1 Å².